The van der Waals surface area contributed by atoms with Crippen LogP contribution in [-0.4, -0.2) is 32.9 Å². The highest BCUT2D eigenvalue weighted by atomic mass is 16.6. The number of nitrogens with zero attached hydrogens (tertiary/aromatic N) is 4. The number of carbonyl (C=O) groups excluding carboxylic acids is 1. The first kappa shape index (κ1) is 14.9. The van der Waals surface area contributed by atoms with E-state index in [1.54, 1.807) is 6.92 Å². The Morgan fingerprint density at radius 3 is 2.74 bits per heavy atom. The molecule has 2 aromatic heterocycles. The maximum absolute atomic E-state index is 11.8. The minimum Gasteiger partial charge on any atom is -0.355 e. The summed E-state index contributed by atoms with van der Waals surface area (Å²) in [5.74, 6) is 0.857. The number of amides is 1. The van der Waals surface area contributed by atoms with Crippen LogP contribution in [-0.2, 0) is 17.6 Å². The van der Waals surface area contributed by atoms with Gasteiger partial charge in [0, 0.05) is 18.5 Å². The van der Waals surface area contributed by atoms with Crippen molar-refractivity contribution in [2.75, 3.05) is 6.54 Å². The second-order valence-corrected chi connectivity index (χ2v) is 4.95. The average Bonchev–Trinajstić information content (AvgIpc) is 3.18. The van der Waals surface area contributed by atoms with Crippen molar-refractivity contribution in [1.82, 2.24) is 25.8 Å². The monoisotopic (exact) mass is 313 g/mol. The van der Waals surface area contributed by atoms with E-state index in [0.29, 0.717) is 36.1 Å². The van der Waals surface area contributed by atoms with Crippen LogP contribution in [0.3, 0.4) is 0 Å². The Morgan fingerprint density at radius 1 is 1.17 bits per heavy atom. The number of aromatic nitrogens is 4. The molecule has 0 aliphatic carbocycles. The fourth-order valence-electron chi connectivity index (χ4n) is 1.99. The molecular weight excluding hydrogens is 298 g/mol. The molecule has 0 radical (unpaired) electrons. The Labute approximate surface area is 131 Å². The van der Waals surface area contributed by atoms with Gasteiger partial charge in [0.25, 0.3) is 5.89 Å². The van der Waals surface area contributed by atoms with E-state index in [9.17, 15) is 4.79 Å². The van der Waals surface area contributed by atoms with Gasteiger partial charge in [-0.15, -0.1) is 0 Å². The van der Waals surface area contributed by atoms with E-state index in [1.165, 1.54) is 0 Å². The van der Waals surface area contributed by atoms with Crippen LogP contribution in [0.5, 0.6) is 0 Å². The van der Waals surface area contributed by atoms with Crippen molar-refractivity contribution >= 4 is 5.91 Å². The van der Waals surface area contributed by atoms with Gasteiger partial charge in [-0.25, -0.2) is 4.63 Å². The molecule has 2 heterocycles. The Hall–Kier alpha value is -3.03. The number of hydrogen-bond acceptors (Lipinski definition) is 7. The van der Waals surface area contributed by atoms with Gasteiger partial charge in [0.05, 0.1) is 6.42 Å². The van der Waals surface area contributed by atoms with Gasteiger partial charge >= 0.3 is 0 Å². The first-order valence-corrected chi connectivity index (χ1v) is 7.15. The molecule has 8 nitrogen and oxygen atoms in total. The Bertz CT molecular complexity index is 781. The molecular formula is C15H15N5O3. The van der Waals surface area contributed by atoms with Crippen LogP contribution in [0.2, 0.25) is 0 Å². The number of nitrogens with one attached hydrogen (secondary N) is 1. The van der Waals surface area contributed by atoms with Gasteiger partial charge in [0.1, 0.15) is 11.4 Å². The fraction of sp³-hybridized carbons (Fsp3) is 0.267. The van der Waals surface area contributed by atoms with Crippen LogP contribution in [0.25, 0.3) is 11.5 Å². The zero-order chi connectivity index (χ0) is 16.1. The maximum Gasteiger partial charge on any atom is 0.257 e. The van der Waals surface area contributed by atoms with Crippen molar-refractivity contribution in [2.24, 2.45) is 0 Å². The molecule has 0 bridgehead atoms. The predicted octanol–water partition coefficient (Wildman–Crippen LogP) is 1.33. The molecule has 0 fully saturated rings. The van der Waals surface area contributed by atoms with Gasteiger partial charge in [-0.2, -0.15) is 4.98 Å². The van der Waals surface area contributed by atoms with Crippen LogP contribution in [0, 0.1) is 6.92 Å². The summed E-state index contributed by atoms with van der Waals surface area (Å²) in [6, 6.07) is 9.52. The van der Waals surface area contributed by atoms with Gasteiger partial charge in [-0.1, -0.05) is 33.7 Å². The van der Waals surface area contributed by atoms with Crippen LogP contribution < -0.4 is 5.32 Å². The molecule has 1 amide bonds. The molecule has 8 heteroatoms. The first-order chi connectivity index (χ1) is 11.2. The third-order valence-corrected chi connectivity index (χ3v) is 3.23. The predicted molar refractivity (Wildman–Crippen MR) is 79.2 cm³/mol. The van der Waals surface area contributed by atoms with E-state index in [4.69, 9.17) is 4.52 Å². The summed E-state index contributed by atoms with van der Waals surface area (Å²) >= 11 is 0. The molecule has 0 saturated heterocycles. The SMILES string of the molecule is Cc1nonc1CC(=O)NCCc1noc(-c2ccccc2)n1. The third kappa shape index (κ3) is 3.79. The minimum absolute atomic E-state index is 0.136. The van der Waals surface area contributed by atoms with E-state index in [1.807, 2.05) is 30.3 Å². The number of aryl methyl sites for hydroxylation is 1. The van der Waals surface area contributed by atoms with Crippen LogP contribution in [0.15, 0.2) is 39.5 Å². The summed E-state index contributed by atoms with van der Waals surface area (Å²) in [7, 11) is 0. The van der Waals surface area contributed by atoms with E-state index >= 15 is 0 Å². The first-order valence-electron chi connectivity index (χ1n) is 7.15. The Morgan fingerprint density at radius 2 is 2.00 bits per heavy atom. The van der Waals surface area contributed by atoms with Crippen molar-refractivity contribution in [3.63, 3.8) is 0 Å². The summed E-state index contributed by atoms with van der Waals surface area (Å²) in [6.07, 6.45) is 0.620. The van der Waals surface area contributed by atoms with E-state index in [0.717, 1.165) is 5.56 Å². The van der Waals surface area contributed by atoms with Crippen molar-refractivity contribution in [3.8, 4) is 11.5 Å². The van der Waals surface area contributed by atoms with E-state index in [-0.39, 0.29) is 12.3 Å². The number of carbonyl (C=O) groups is 1. The smallest absolute Gasteiger partial charge is 0.257 e. The molecule has 118 valence electrons. The lowest BCUT2D eigenvalue weighted by Gasteiger charge is -2.01. The summed E-state index contributed by atoms with van der Waals surface area (Å²) in [6.45, 7) is 2.15. The third-order valence-electron chi connectivity index (χ3n) is 3.23. The van der Waals surface area contributed by atoms with E-state index < -0.39 is 0 Å². The lowest BCUT2D eigenvalue weighted by molar-refractivity contribution is -0.120. The lowest BCUT2D eigenvalue weighted by atomic mass is 10.2. The number of hydrogen-bond donors (Lipinski definition) is 1. The van der Waals surface area contributed by atoms with Crippen molar-refractivity contribution in [1.29, 1.82) is 0 Å². The molecule has 0 unspecified atom stereocenters. The maximum atomic E-state index is 11.8. The fourth-order valence-corrected chi connectivity index (χ4v) is 1.99. The normalized spacial score (nSPS) is 10.7. The Balaban J connectivity index is 1.49. The van der Waals surface area contributed by atoms with Gasteiger partial charge in [0.2, 0.25) is 5.91 Å². The van der Waals surface area contributed by atoms with Crippen LogP contribution in [0.1, 0.15) is 17.2 Å². The molecule has 1 N–H and O–H groups in total. The summed E-state index contributed by atoms with van der Waals surface area (Å²) < 4.78 is 9.76. The quantitative estimate of drug-likeness (QED) is 0.731. The largest absolute Gasteiger partial charge is 0.355 e. The zero-order valence-corrected chi connectivity index (χ0v) is 12.5. The molecule has 0 spiro atoms. The molecule has 0 saturated carbocycles. The average molecular weight is 313 g/mol. The molecule has 3 rings (SSSR count). The second kappa shape index (κ2) is 6.82. The van der Waals surface area contributed by atoms with Gasteiger partial charge < -0.3 is 9.84 Å². The van der Waals surface area contributed by atoms with Crippen LogP contribution in [0.4, 0.5) is 0 Å². The van der Waals surface area contributed by atoms with Crippen molar-refractivity contribution in [3.05, 3.63) is 47.5 Å². The molecule has 0 aliphatic rings. The van der Waals surface area contributed by atoms with E-state index in [2.05, 4.69) is 30.4 Å². The number of rotatable bonds is 6. The lowest BCUT2D eigenvalue weighted by Crippen LogP contribution is -2.27. The van der Waals surface area contributed by atoms with Crippen molar-refractivity contribution in [2.45, 2.75) is 19.8 Å². The summed E-state index contributed by atoms with van der Waals surface area (Å²) in [5, 5.41) is 14.0. The van der Waals surface area contributed by atoms with Gasteiger partial charge in [0.15, 0.2) is 5.82 Å². The number of benzene rings is 1. The van der Waals surface area contributed by atoms with Crippen LogP contribution >= 0.6 is 0 Å². The second-order valence-electron chi connectivity index (χ2n) is 4.95. The summed E-state index contributed by atoms with van der Waals surface area (Å²) in [5.41, 5.74) is 2.02. The Kier molecular flexibility index (Phi) is 4.41. The standard InChI is InChI=1S/C15H15N5O3/c1-10-12(19-23-18-10)9-14(21)16-8-7-13-17-15(22-20-13)11-5-3-2-4-6-11/h2-6H,7-9H2,1H3,(H,16,21). The van der Waals surface area contributed by atoms with Gasteiger partial charge in [-0.3, -0.25) is 4.79 Å². The molecule has 23 heavy (non-hydrogen) atoms. The molecule has 0 aliphatic heterocycles. The zero-order valence-electron chi connectivity index (χ0n) is 12.5. The van der Waals surface area contributed by atoms with Gasteiger partial charge in [-0.05, 0) is 19.1 Å². The highest BCUT2D eigenvalue weighted by molar-refractivity contribution is 5.78. The highest BCUT2D eigenvalue weighted by Gasteiger charge is 2.12. The van der Waals surface area contributed by atoms with Crippen molar-refractivity contribution < 1.29 is 13.9 Å². The molecule has 0 atom stereocenters. The minimum atomic E-state index is -0.157. The topological polar surface area (TPSA) is 107 Å². The molecule has 1 aromatic carbocycles. The summed E-state index contributed by atoms with van der Waals surface area (Å²) in [4.78, 5) is 16.1. The molecule has 3 aromatic rings. The highest BCUT2D eigenvalue weighted by Crippen LogP contribution is 2.15.